The third-order valence-corrected chi connectivity index (χ3v) is 2.41. The summed E-state index contributed by atoms with van der Waals surface area (Å²) in [6.45, 7) is 0. The summed E-state index contributed by atoms with van der Waals surface area (Å²) in [5.74, 6) is -9.05. The Hall–Kier alpha value is -1.99. The summed E-state index contributed by atoms with van der Waals surface area (Å²) in [7, 11) is 0. The van der Waals surface area contributed by atoms with Crippen molar-refractivity contribution in [2.75, 3.05) is 5.32 Å². The molecule has 8 heteroatoms. The molecule has 1 heterocycles. The van der Waals surface area contributed by atoms with Crippen molar-refractivity contribution in [3.63, 3.8) is 0 Å². The fourth-order valence-corrected chi connectivity index (χ4v) is 1.67. The van der Waals surface area contributed by atoms with Crippen LogP contribution in [0.3, 0.4) is 0 Å². The van der Waals surface area contributed by atoms with Crippen LogP contribution in [0.15, 0.2) is 12.1 Å². The fourth-order valence-electron chi connectivity index (χ4n) is 1.67. The van der Waals surface area contributed by atoms with Crippen LogP contribution >= 0.6 is 0 Å². The van der Waals surface area contributed by atoms with Crippen LogP contribution in [0.4, 0.5) is 27.6 Å². The molecular weight excluding hydrogens is 261 g/mol. The second-order valence-electron chi connectivity index (χ2n) is 3.57. The lowest BCUT2D eigenvalue weighted by molar-refractivity contribution is -0.139. The summed E-state index contributed by atoms with van der Waals surface area (Å²) >= 11 is 0. The Bertz CT molecular complexity index is 555. The molecule has 0 radical (unpaired) electrons. The molecule has 0 saturated carbocycles. The lowest BCUT2D eigenvalue weighted by Crippen LogP contribution is -2.26. The number of benzene rings is 1. The third-order valence-electron chi connectivity index (χ3n) is 2.41. The Morgan fingerprint density at radius 1 is 1.28 bits per heavy atom. The van der Waals surface area contributed by atoms with Crippen molar-refractivity contribution in [3.8, 4) is 0 Å². The molecule has 1 amide bonds. The predicted octanol–water partition coefficient (Wildman–Crippen LogP) is 2.32. The first-order valence-electron chi connectivity index (χ1n) is 4.61. The van der Waals surface area contributed by atoms with E-state index in [4.69, 9.17) is 0 Å². The molecule has 3 nitrogen and oxygen atoms in total. The van der Waals surface area contributed by atoms with Gasteiger partial charge in [0, 0.05) is 5.56 Å². The van der Waals surface area contributed by atoms with Crippen LogP contribution < -0.4 is 5.32 Å². The molecule has 18 heavy (non-hydrogen) atoms. The van der Waals surface area contributed by atoms with Gasteiger partial charge in [0.05, 0.1) is 11.3 Å². The average molecular weight is 265 g/mol. The van der Waals surface area contributed by atoms with E-state index >= 15 is 0 Å². The highest BCUT2D eigenvalue weighted by molar-refractivity contribution is 6.10. The molecule has 2 rings (SSSR count). The van der Waals surface area contributed by atoms with Gasteiger partial charge in [-0.1, -0.05) is 0 Å². The lowest BCUT2D eigenvalue weighted by atomic mass is 9.98. The summed E-state index contributed by atoms with van der Waals surface area (Å²) in [5, 5.41) is 1.64. The van der Waals surface area contributed by atoms with E-state index in [1.54, 1.807) is 5.32 Å². The van der Waals surface area contributed by atoms with Crippen molar-refractivity contribution >= 4 is 17.4 Å². The molecule has 0 fully saturated rings. The number of anilines is 1. The van der Waals surface area contributed by atoms with Gasteiger partial charge in [0.25, 0.3) is 5.91 Å². The minimum Gasteiger partial charge on any atom is -0.320 e. The number of ketones is 1. The predicted molar refractivity (Wildman–Crippen MR) is 49.3 cm³/mol. The highest BCUT2D eigenvalue weighted by Gasteiger charge is 2.51. The maximum atomic E-state index is 13.4. The van der Waals surface area contributed by atoms with E-state index < -0.39 is 46.7 Å². The molecule has 1 N–H and O–H groups in total. The molecule has 0 aromatic heterocycles. The van der Waals surface area contributed by atoms with Gasteiger partial charge < -0.3 is 5.32 Å². The minimum atomic E-state index is -4.14. The number of fused-ring (bicyclic) bond motifs is 1. The minimum absolute atomic E-state index is 0.265. The van der Waals surface area contributed by atoms with Crippen LogP contribution in [0.5, 0.6) is 0 Å². The van der Waals surface area contributed by atoms with Crippen LogP contribution in [0.1, 0.15) is 15.9 Å². The Morgan fingerprint density at radius 2 is 1.89 bits per heavy atom. The summed E-state index contributed by atoms with van der Waals surface area (Å²) in [6, 6.07) is 0.803. The third kappa shape index (κ3) is 1.64. The fraction of sp³-hybridized carbons (Fsp3) is 0.200. The molecule has 1 aliphatic rings. The molecule has 0 unspecified atom stereocenters. The zero-order valence-electron chi connectivity index (χ0n) is 8.44. The van der Waals surface area contributed by atoms with Gasteiger partial charge in [-0.25, -0.2) is 13.2 Å². The van der Waals surface area contributed by atoms with Crippen molar-refractivity contribution in [3.05, 3.63) is 29.1 Å². The van der Waals surface area contributed by atoms with E-state index in [2.05, 4.69) is 0 Å². The molecular formula is C10H4F5NO2. The highest BCUT2D eigenvalue weighted by atomic mass is 19.3. The number of Topliss-reactive ketones (excluding diaryl/α,β-unsaturated/α-hetero) is 1. The van der Waals surface area contributed by atoms with Gasteiger partial charge in [0.15, 0.2) is 0 Å². The quantitative estimate of drug-likeness (QED) is 0.658. The largest absolute Gasteiger partial charge is 0.352 e. The average Bonchev–Trinajstić information content (AvgIpc) is 2.47. The monoisotopic (exact) mass is 265 g/mol. The number of hydrogen-bond donors (Lipinski definition) is 1. The first-order valence-corrected chi connectivity index (χ1v) is 4.61. The van der Waals surface area contributed by atoms with E-state index in [1.165, 1.54) is 0 Å². The number of rotatable bonds is 2. The van der Waals surface area contributed by atoms with Gasteiger partial charge in [0.1, 0.15) is 5.82 Å². The molecule has 0 atom stereocenters. The number of nitrogens with one attached hydrogen (secondary N) is 1. The van der Waals surface area contributed by atoms with Crippen molar-refractivity contribution in [1.29, 1.82) is 0 Å². The number of hydrogen-bond acceptors (Lipinski definition) is 2. The van der Waals surface area contributed by atoms with Gasteiger partial charge in [-0.2, -0.15) is 8.78 Å². The highest BCUT2D eigenvalue weighted by Crippen LogP contribution is 2.43. The van der Waals surface area contributed by atoms with Crippen LogP contribution in [0.25, 0.3) is 0 Å². The Balaban J connectivity index is 2.70. The molecule has 96 valence electrons. The Labute approximate surface area is 96.6 Å². The smallest absolute Gasteiger partial charge is 0.320 e. The van der Waals surface area contributed by atoms with Crippen LogP contribution in [0.2, 0.25) is 0 Å². The van der Waals surface area contributed by atoms with Crippen molar-refractivity contribution in [2.45, 2.75) is 12.3 Å². The maximum absolute atomic E-state index is 13.4. The van der Waals surface area contributed by atoms with E-state index in [0.717, 1.165) is 0 Å². The zero-order valence-corrected chi connectivity index (χ0v) is 8.44. The second kappa shape index (κ2) is 3.76. The van der Waals surface area contributed by atoms with Gasteiger partial charge in [-0.15, -0.1) is 0 Å². The molecule has 0 aliphatic carbocycles. The van der Waals surface area contributed by atoms with Crippen molar-refractivity contribution in [2.24, 2.45) is 0 Å². The summed E-state index contributed by atoms with van der Waals surface area (Å²) < 4.78 is 64.3. The van der Waals surface area contributed by atoms with E-state index in [1.807, 2.05) is 0 Å². The SMILES string of the molecule is O=C(c1cc(F)cc2c1C(F)(F)C(=O)N2)C(F)F. The van der Waals surface area contributed by atoms with E-state index in [9.17, 15) is 31.5 Å². The summed E-state index contributed by atoms with van der Waals surface area (Å²) in [4.78, 5) is 22.0. The Kier molecular flexibility index (Phi) is 2.60. The molecule has 1 aromatic rings. The Morgan fingerprint density at radius 3 is 2.44 bits per heavy atom. The molecule has 0 bridgehead atoms. The number of carbonyl (C=O) groups is 2. The standard InChI is InChI=1S/C10H4F5NO2/c11-3-1-4(7(17)8(12)13)6-5(2-3)16-9(18)10(6,14)15/h1-2,8H,(H,16,18). The number of amides is 1. The molecule has 0 saturated heterocycles. The van der Waals surface area contributed by atoms with E-state index in [0.29, 0.717) is 6.07 Å². The van der Waals surface area contributed by atoms with Gasteiger partial charge in [0.2, 0.25) is 5.78 Å². The van der Waals surface area contributed by atoms with Crippen LogP contribution in [0, 0.1) is 5.82 Å². The van der Waals surface area contributed by atoms with Crippen LogP contribution in [-0.4, -0.2) is 18.1 Å². The number of carbonyl (C=O) groups excluding carboxylic acids is 2. The van der Waals surface area contributed by atoms with E-state index in [-0.39, 0.29) is 6.07 Å². The number of alkyl halides is 4. The molecule has 0 spiro atoms. The lowest BCUT2D eigenvalue weighted by Gasteiger charge is -2.11. The maximum Gasteiger partial charge on any atom is 0.352 e. The second-order valence-corrected chi connectivity index (χ2v) is 3.57. The van der Waals surface area contributed by atoms with Crippen molar-refractivity contribution < 1.29 is 31.5 Å². The van der Waals surface area contributed by atoms with Crippen LogP contribution in [-0.2, 0) is 10.7 Å². The topological polar surface area (TPSA) is 46.2 Å². The summed E-state index contributed by atoms with van der Waals surface area (Å²) in [5.41, 5.74) is -3.07. The normalized spacial score (nSPS) is 16.7. The summed E-state index contributed by atoms with van der Waals surface area (Å²) in [6.07, 6.45) is -3.57. The first-order chi connectivity index (χ1) is 8.25. The zero-order chi connectivity index (χ0) is 13.7. The number of halogens is 5. The van der Waals surface area contributed by atoms with Gasteiger partial charge in [-0.3, -0.25) is 9.59 Å². The van der Waals surface area contributed by atoms with Crippen molar-refractivity contribution in [1.82, 2.24) is 0 Å². The molecule has 1 aromatic carbocycles. The van der Waals surface area contributed by atoms with Gasteiger partial charge >= 0.3 is 12.3 Å². The first kappa shape index (κ1) is 12.5. The molecule has 1 aliphatic heterocycles. The van der Waals surface area contributed by atoms with Gasteiger partial charge in [-0.05, 0) is 12.1 Å².